The second-order valence-corrected chi connectivity index (χ2v) is 5.44. The van der Waals surface area contributed by atoms with E-state index in [-0.39, 0.29) is 36.7 Å². The van der Waals surface area contributed by atoms with Gasteiger partial charge in [0.2, 0.25) is 5.91 Å². The maximum absolute atomic E-state index is 12.2. The lowest BCUT2D eigenvalue weighted by Crippen LogP contribution is -2.35. The molecule has 1 amide bonds. The van der Waals surface area contributed by atoms with E-state index in [4.69, 9.17) is 21.9 Å². The average Bonchev–Trinajstić information content (AvgIpc) is 2.57. The van der Waals surface area contributed by atoms with Crippen LogP contribution in [0.2, 0.25) is 0 Å². The van der Waals surface area contributed by atoms with Crippen LogP contribution in [0.15, 0.2) is 41.4 Å². The Balaban J connectivity index is 0.00000312. The maximum Gasteiger partial charge on any atom is 0.241 e. The third kappa shape index (κ3) is 6.59. The molecule has 0 heterocycles. The first kappa shape index (κ1) is 23.8. The van der Waals surface area contributed by atoms with Gasteiger partial charge in [-0.15, -0.1) is 24.8 Å². The van der Waals surface area contributed by atoms with Crippen molar-refractivity contribution in [2.24, 2.45) is 22.2 Å². The number of guanidine groups is 1. The van der Waals surface area contributed by atoms with E-state index in [9.17, 15) is 4.79 Å². The zero-order chi connectivity index (χ0) is 17.5. The summed E-state index contributed by atoms with van der Waals surface area (Å²) in [6.45, 7) is 0.451. The molecule has 144 valence electrons. The van der Waals surface area contributed by atoms with E-state index in [1.165, 1.54) is 0 Å². The minimum atomic E-state index is -0.628. The molecule has 0 spiro atoms. The molecule has 0 aromatic heterocycles. The van der Waals surface area contributed by atoms with Crippen molar-refractivity contribution in [2.45, 2.75) is 18.9 Å². The van der Waals surface area contributed by atoms with Crippen LogP contribution in [0, 0.1) is 0 Å². The van der Waals surface area contributed by atoms with E-state index in [0.29, 0.717) is 30.8 Å². The van der Waals surface area contributed by atoms with Crippen LogP contribution < -0.4 is 27.3 Å². The van der Waals surface area contributed by atoms with E-state index >= 15 is 0 Å². The number of rotatable bonds is 7. The van der Waals surface area contributed by atoms with Crippen LogP contribution in [-0.2, 0) is 4.79 Å². The first-order valence-electron chi connectivity index (χ1n) is 7.70. The number of nitrogens with two attached hydrogens (primary N) is 3. The second-order valence-electron chi connectivity index (χ2n) is 5.44. The van der Waals surface area contributed by atoms with Crippen molar-refractivity contribution in [3.8, 4) is 5.75 Å². The first-order chi connectivity index (χ1) is 11.5. The molecule has 2 rings (SSSR count). The topological polar surface area (TPSA) is 129 Å². The smallest absolute Gasteiger partial charge is 0.241 e. The van der Waals surface area contributed by atoms with Gasteiger partial charge < -0.3 is 27.3 Å². The molecule has 1 atom stereocenters. The summed E-state index contributed by atoms with van der Waals surface area (Å²) in [6.07, 6.45) is 1.13. The van der Waals surface area contributed by atoms with Gasteiger partial charge in [0.15, 0.2) is 5.96 Å². The van der Waals surface area contributed by atoms with E-state index in [0.717, 1.165) is 10.8 Å². The summed E-state index contributed by atoms with van der Waals surface area (Å²) < 4.78 is 5.39. The third-order valence-electron chi connectivity index (χ3n) is 3.62. The number of carbonyl (C=O) groups excluding carboxylic acids is 1. The molecule has 0 radical (unpaired) electrons. The van der Waals surface area contributed by atoms with Crippen molar-refractivity contribution < 1.29 is 9.53 Å². The lowest BCUT2D eigenvalue weighted by atomic mass is 10.1. The number of halogens is 2. The molecule has 0 aliphatic rings. The Labute approximate surface area is 165 Å². The number of nitrogens with one attached hydrogen (secondary N) is 1. The van der Waals surface area contributed by atoms with Crippen molar-refractivity contribution >= 4 is 53.1 Å². The molecule has 0 aliphatic heterocycles. The van der Waals surface area contributed by atoms with Crippen LogP contribution in [0.5, 0.6) is 5.75 Å². The normalized spacial score (nSPS) is 10.8. The summed E-state index contributed by atoms with van der Waals surface area (Å²) in [6, 6.07) is 10.8. The maximum atomic E-state index is 12.2. The molecule has 0 aliphatic carbocycles. The summed E-state index contributed by atoms with van der Waals surface area (Å²) in [5.41, 5.74) is 17.1. The number of carbonyl (C=O) groups is 1. The number of ether oxygens (including phenoxy) is 1. The van der Waals surface area contributed by atoms with Crippen molar-refractivity contribution in [3.63, 3.8) is 0 Å². The number of methoxy groups -OCH3 is 1. The Morgan fingerprint density at radius 3 is 2.58 bits per heavy atom. The Morgan fingerprint density at radius 1 is 1.23 bits per heavy atom. The molecule has 0 saturated heterocycles. The van der Waals surface area contributed by atoms with Gasteiger partial charge in [0.05, 0.1) is 13.2 Å². The standard InChI is InChI=1S/C17H23N5O2.2ClH/c1-24-15-10-12(9-11-5-2-3-6-13(11)15)22-16(23)14(18)7-4-8-21-17(19)20;;/h2-3,5-6,9-10,14H,4,7-8,18H2,1H3,(H,22,23)(H4,19,20,21);2*1H/t14-;;/m0../s1. The van der Waals surface area contributed by atoms with Crippen LogP contribution in [0.25, 0.3) is 10.8 Å². The Morgan fingerprint density at radius 2 is 1.92 bits per heavy atom. The number of hydrogen-bond acceptors (Lipinski definition) is 4. The van der Waals surface area contributed by atoms with Gasteiger partial charge in [-0.2, -0.15) is 0 Å². The number of anilines is 1. The summed E-state index contributed by atoms with van der Waals surface area (Å²) in [5.74, 6) is 0.484. The van der Waals surface area contributed by atoms with Crippen LogP contribution >= 0.6 is 24.8 Å². The minimum Gasteiger partial charge on any atom is -0.496 e. The molecule has 0 bridgehead atoms. The van der Waals surface area contributed by atoms with Crippen LogP contribution in [0.3, 0.4) is 0 Å². The quantitative estimate of drug-likeness (QED) is 0.320. The molecule has 7 N–H and O–H groups in total. The summed E-state index contributed by atoms with van der Waals surface area (Å²) in [5, 5.41) is 4.79. The Bertz CT molecular complexity index is 751. The summed E-state index contributed by atoms with van der Waals surface area (Å²) >= 11 is 0. The van der Waals surface area contributed by atoms with E-state index in [1.54, 1.807) is 13.2 Å². The van der Waals surface area contributed by atoms with Gasteiger partial charge in [-0.1, -0.05) is 24.3 Å². The van der Waals surface area contributed by atoms with Crippen molar-refractivity contribution in [3.05, 3.63) is 36.4 Å². The fourth-order valence-electron chi connectivity index (χ4n) is 2.40. The van der Waals surface area contributed by atoms with Crippen molar-refractivity contribution in [1.82, 2.24) is 0 Å². The van der Waals surface area contributed by atoms with Gasteiger partial charge >= 0.3 is 0 Å². The van der Waals surface area contributed by atoms with Gasteiger partial charge in [0, 0.05) is 23.7 Å². The lowest BCUT2D eigenvalue weighted by Gasteiger charge is -2.14. The molecule has 26 heavy (non-hydrogen) atoms. The molecular weight excluding hydrogens is 377 g/mol. The molecule has 2 aromatic rings. The largest absolute Gasteiger partial charge is 0.496 e. The van der Waals surface area contributed by atoms with Crippen LogP contribution in [0.4, 0.5) is 5.69 Å². The zero-order valence-electron chi connectivity index (χ0n) is 14.5. The first-order valence-corrected chi connectivity index (χ1v) is 7.70. The van der Waals surface area contributed by atoms with Crippen LogP contribution in [0.1, 0.15) is 12.8 Å². The minimum absolute atomic E-state index is 0. The second kappa shape index (κ2) is 11.4. The molecule has 0 unspecified atom stereocenters. The van der Waals surface area contributed by atoms with Gasteiger partial charge in [0.1, 0.15) is 5.75 Å². The van der Waals surface area contributed by atoms with Gasteiger partial charge in [-0.05, 0) is 24.3 Å². The number of benzene rings is 2. The number of aliphatic imine (C=N–C) groups is 1. The Hall–Kier alpha value is -2.22. The fraction of sp³-hybridized carbons (Fsp3) is 0.294. The molecular formula is C17H25Cl2N5O2. The fourth-order valence-corrected chi connectivity index (χ4v) is 2.40. The zero-order valence-corrected chi connectivity index (χ0v) is 16.1. The molecule has 0 fully saturated rings. The van der Waals surface area contributed by atoms with E-state index < -0.39 is 6.04 Å². The lowest BCUT2D eigenvalue weighted by molar-refractivity contribution is -0.117. The molecule has 2 aromatic carbocycles. The highest BCUT2D eigenvalue weighted by atomic mass is 35.5. The van der Waals surface area contributed by atoms with E-state index in [2.05, 4.69) is 10.3 Å². The summed E-state index contributed by atoms with van der Waals surface area (Å²) in [4.78, 5) is 16.1. The number of hydrogen-bond donors (Lipinski definition) is 4. The Kier molecular flexibility index (Phi) is 10.4. The molecule has 0 saturated carbocycles. The third-order valence-corrected chi connectivity index (χ3v) is 3.62. The number of amides is 1. The van der Waals surface area contributed by atoms with Gasteiger partial charge in [-0.3, -0.25) is 9.79 Å². The van der Waals surface area contributed by atoms with Gasteiger partial charge in [-0.25, -0.2) is 0 Å². The molecule has 7 nitrogen and oxygen atoms in total. The van der Waals surface area contributed by atoms with E-state index in [1.807, 2.05) is 30.3 Å². The highest BCUT2D eigenvalue weighted by Gasteiger charge is 2.14. The highest BCUT2D eigenvalue weighted by Crippen LogP contribution is 2.29. The monoisotopic (exact) mass is 401 g/mol. The highest BCUT2D eigenvalue weighted by molar-refractivity contribution is 5.99. The average molecular weight is 402 g/mol. The molecule has 9 heteroatoms. The number of fused-ring (bicyclic) bond motifs is 1. The van der Waals surface area contributed by atoms with Gasteiger partial charge in [0.25, 0.3) is 0 Å². The predicted molar refractivity (Wildman–Crippen MR) is 112 cm³/mol. The predicted octanol–water partition coefficient (Wildman–Crippen LogP) is 2.01. The summed E-state index contributed by atoms with van der Waals surface area (Å²) in [7, 11) is 1.60. The number of nitrogens with zero attached hydrogens (tertiary/aromatic N) is 1. The SMILES string of the molecule is COc1cc(NC(=O)[C@@H](N)CCCN=C(N)N)cc2ccccc12.Cl.Cl. The van der Waals surface area contributed by atoms with Crippen LogP contribution in [-0.4, -0.2) is 31.6 Å². The van der Waals surface area contributed by atoms with Crippen molar-refractivity contribution in [1.29, 1.82) is 0 Å². The van der Waals surface area contributed by atoms with Crippen molar-refractivity contribution in [2.75, 3.05) is 19.0 Å².